The number of amides is 1. The average molecular weight is 370 g/mol. The fourth-order valence-corrected chi connectivity index (χ4v) is 2.31. The van der Waals surface area contributed by atoms with Gasteiger partial charge in [-0.3, -0.25) is 4.79 Å². The first-order valence-electron chi connectivity index (χ1n) is 7.82. The number of primary amides is 1. The van der Waals surface area contributed by atoms with Crippen LogP contribution in [0.15, 0.2) is 54.6 Å². The van der Waals surface area contributed by atoms with E-state index < -0.39 is 11.9 Å². The van der Waals surface area contributed by atoms with E-state index in [0.717, 1.165) is 11.1 Å². The topological polar surface area (TPSA) is 103 Å². The Bertz CT molecular complexity index is 903. The first-order valence-corrected chi connectivity index (χ1v) is 8.20. The van der Waals surface area contributed by atoms with Crippen LogP contribution in [-0.2, 0) is 4.79 Å². The molecule has 2 aromatic carbocycles. The summed E-state index contributed by atoms with van der Waals surface area (Å²) in [7, 11) is 0. The van der Waals surface area contributed by atoms with Crippen LogP contribution in [0.5, 0.6) is 11.8 Å². The molecular weight excluding hydrogens is 354 g/mol. The largest absolute Gasteiger partial charge is 0.424 e. The van der Waals surface area contributed by atoms with Crippen LogP contribution in [0.25, 0.3) is 11.1 Å². The second-order valence-electron chi connectivity index (χ2n) is 5.47. The Balaban J connectivity index is 1.76. The highest BCUT2D eigenvalue weighted by atomic mass is 35.5. The van der Waals surface area contributed by atoms with Gasteiger partial charge in [-0.05, 0) is 41.8 Å². The van der Waals surface area contributed by atoms with Crippen molar-refractivity contribution in [2.75, 3.05) is 5.32 Å². The van der Waals surface area contributed by atoms with Gasteiger partial charge in [-0.25, -0.2) is 0 Å². The molecule has 0 saturated carbocycles. The van der Waals surface area contributed by atoms with E-state index in [1.807, 2.05) is 42.5 Å². The average Bonchev–Trinajstić information content (AvgIpc) is 2.62. The fourth-order valence-electron chi connectivity index (χ4n) is 2.16. The molecule has 1 aromatic heterocycles. The van der Waals surface area contributed by atoms with Gasteiger partial charge < -0.3 is 15.8 Å². The number of aromatic nitrogens is 3. The van der Waals surface area contributed by atoms with Crippen molar-refractivity contribution in [1.82, 2.24) is 15.0 Å². The quantitative estimate of drug-likeness (QED) is 0.691. The van der Waals surface area contributed by atoms with Gasteiger partial charge in [0.2, 0.25) is 17.1 Å². The number of carbonyl (C=O) groups excluding carboxylic acids is 1. The van der Waals surface area contributed by atoms with Crippen molar-refractivity contribution in [2.45, 2.75) is 13.0 Å². The molecule has 0 radical (unpaired) electrons. The minimum Gasteiger partial charge on any atom is -0.424 e. The second kappa shape index (κ2) is 7.79. The zero-order valence-electron chi connectivity index (χ0n) is 13.9. The lowest BCUT2D eigenvalue weighted by Gasteiger charge is -2.11. The van der Waals surface area contributed by atoms with Gasteiger partial charge in [-0.1, -0.05) is 42.5 Å². The minimum absolute atomic E-state index is 0.0108. The zero-order valence-corrected chi connectivity index (χ0v) is 14.6. The molecule has 0 bridgehead atoms. The fraction of sp³-hybridized carbons (Fsp3) is 0.111. The second-order valence-corrected chi connectivity index (χ2v) is 5.81. The van der Waals surface area contributed by atoms with Crippen molar-refractivity contribution in [3.05, 3.63) is 59.9 Å². The molecule has 0 aliphatic carbocycles. The lowest BCUT2D eigenvalue weighted by atomic mass is 10.1. The number of nitrogens with two attached hydrogens (primary N) is 1. The predicted molar refractivity (Wildman–Crippen MR) is 99.1 cm³/mol. The summed E-state index contributed by atoms with van der Waals surface area (Å²) >= 11 is 5.89. The van der Waals surface area contributed by atoms with Crippen LogP contribution in [0.4, 0.5) is 5.95 Å². The lowest BCUT2D eigenvalue weighted by molar-refractivity contribution is -0.118. The number of ether oxygens (including phenoxy) is 1. The summed E-state index contributed by atoms with van der Waals surface area (Å²) in [4.78, 5) is 23.0. The third-order valence-corrected chi connectivity index (χ3v) is 3.70. The molecule has 7 nitrogen and oxygen atoms in total. The van der Waals surface area contributed by atoms with Gasteiger partial charge in [0, 0.05) is 0 Å². The highest BCUT2D eigenvalue weighted by Crippen LogP contribution is 2.25. The van der Waals surface area contributed by atoms with Crippen LogP contribution in [0.2, 0.25) is 5.28 Å². The number of hydrogen-bond acceptors (Lipinski definition) is 6. The summed E-state index contributed by atoms with van der Waals surface area (Å²) in [6, 6.07) is 16.8. The number of benzene rings is 2. The lowest BCUT2D eigenvalue weighted by Crippen LogP contribution is -2.33. The normalized spacial score (nSPS) is 11.6. The van der Waals surface area contributed by atoms with Crippen molar-refractivity contribution >= 4 is 23.5 Å². The molecule has 0 spiro atoms. The molecular formula is C18H16ClN5O2. The smallest absolute Gasteiger partial charge is 0.328 e. The summed E-state index contributed by atoms with van der Waals surface area (Å²) in [5.74, 6) is 0.105. The summed E-state index contributed by atoms with van der Waals surface area (Å²) < 4.78 is 5.63. The summed E-state index contributed by atoms with van der Waals surface area (Å²) in [6.07, 6.45) is 0. The number of anilines is 1. The van der Waals surface area contributed by atoms with Crippen molar-refractivity contribution in [2.24, 2.45) is 5.73 Å². The predicted octanol–water partition coefficient (Wildman–Crippen LogP) is 3.27. The molecule has 3 aromatic rings. The molecule has 132 valence electrons. The summed E-state index contributed by atoms with van der Waals surface area (Å²) in [5, 5.41) is 2.68. The van der Waals surface area contributed by atoms with Gasteiger partial charge in [0.05, 0.1) is 0 Å². The molecule has 0 fully saturated rings. The number of nitrogens with zero attached hydrogens (tertiary/aromatic N) is 3. The number of nitrogens with one attached hydrogen (secondary N) is 1. The van der Waals surface area contributed by atoms with Crippen molar-refractivity contribution in [3.63, 3.8) is 0 Å². The SMILES string of the molecule is C[C@H](Nc1nc(Cl)nc(Oc2ccc(-c3ccccc3)cc2)n1)C(N)=O. The Morgan fingerprint density at radius 3 is 2.35 bits per heavy atom. The monoisotopic (exact) mass is 369 g/mol. The van der Waals surface area contributed by atoms with Crippen molar-refractivity contribution < 1.29 is 9.53 Å². The van der Waals surface area contributed by atoms with Gasteiger partial charge in [-0.2, -0.15) is 15.0 Å². The van der Waals surface area contributed by atoms with Crippen LogP contribution in [0.3, 0.4) is 0 Å². The minimum atomic E-state index is -0.661. The number of hydrogen-bond donors (Lipinski definition) is 2. The highest BCUT2D eigenvalue weighted by Gasteiger charge is 2.13. The van der Waals surface area contributed by atoms with E-state index >= 15 is 0 Å². The van der Waals surface area contributed by atoms with E-state index in [1.54, 1.807) is 19.1 Å². The van der Waals surface area contributed by atoms with E-state index in [2.05, 4.69) is 20.3 Å². The third kappa shape index (κ3) is 4.46. The van der Waals surface area contributed by atoms with Gasteiger partial charge in [0.25, 0.3) is 0 Å². The van der Waals surface area contributed by atoms with Crippen LogP contribution >= 0.6 is 11.6 Å². The highest BCUT2D eigenvalue weighted by molar-refractivity contribution is 6.28. The maximum atomic E-state index is 11.1. The van der Waals surface area contributed by atoms with Crippen LogP contribution in [0, 0.1) is 0 Å². The number of carbonyl (C=O) groups is 1. The summed E-state index contributed by atoms with van der Waals surface area (Å²) in [5.41, 5.74) is 7.37. The maximum Gasteiger partial charge on any atom is 0.328 e. The molecule has 0 saturated heterocycles. The van der Waals surface area contributed by atoms with Crippen LogP contribution in [0.1, 0.15) is 6.92 Å². The number of rotatable bonds is 6. The molecule has 1 atom stereocenters. The molecule has 3 rings (SSSR count). The Morgan fingerprint density at radius 1 is 1.04 bits per heavy atom. The molecule has 8 heteroatoms. The zero-order chi connectivity index (χ0) is 18.5. The van der Waals surface area contributed by atoms with E-state index in [-0.39, 0.29) is 17.2 Å². The molecule has 0 aliphatic heterocycles. The summed E-state index contributed by atoms with van der Waals surface area (Å²) in [6.45, 7) is 1.59. The first kappa shape index (κ1) is 17.6. The third-order valence-electron chi connectivity index (χ3n) is 3.53. The van der Waals surface area contributed by atoms with E-state index in [0.29, 0.717) is 5.75 Å². The van der Waals surface area contributed by atoms with Crippen LogP contribution < -0.4 is 15.8 Å². The molecule has 0 unspecified atom stereocenters. The standard InChI is InChI=1S/C18H16ClN5O2/c1-11(15(20)25)21-17-22-16(19)23-18(24-17)26-14-9-7-13(8-10-14)12-5-3-2-4-6-12/h2-11H,1H3,(H2,20,25)(H,21,22,23,24)/t11-/m0/s1. The maximum absolute atomic E-state index is 11.1. The Hall–Kier alpha value is -3.19. The Morgan fingerprint density at radius 2 is 1.69 bits per heavy atom. The van der Waals surface area contributed by atoms with E-state index in [9.17, 15) is 4.79 Å². The Kier molecular flexibility index (Phi) is 5.28. The van der Waals surface area contributed by atoms with Gasteiger partial charge in [0.1, 0.15) is 11.8 Å². The number of halogens is 1. The molecule has 1 amide bonds. The Labute approximate surface area is 155 Å². The van der Waals surface area contributed by atoms with Gasteiger partial charge >= 0.3 is 6.01 Å². The first-order chi connectivity index (χ1) is 12.5. The molecule has 26 heavy (non-hydrogen) atoms. The van der Waals surface area contributed by atoms with E-state index in [4.69, 9.17) is 22.1 Å². The van der Waals surface area contributed by atoms with E-state index in [1.165, 1.54) is 0 Å². The molecule has 0 aliphatic rings. The van der Waals surface area contributed by atoms with Gasteiger partial charge in [-0.15, -0.1) is 0 Å². The van der Waals surface area contributed by atoms with Crippen molar-refractivity contribution in [1.29, 1.82) is 0 Å². The van der Waals surface area contributed by atoms with Crippen molar-refractivity contribution in [3.8, 4) is 22.9 Å². The molecule has 3 N–H and O–H groups in total. The van der Waals surface area contributed by atoms with Crippen LogP contribution in [-0.4, -0.2) is 26.9 Å². The van der Waals surface area contributed by atoms with Gasteiger partial charge in [0.15, 0.2) is 0 Å². The molecule has 1 heterocycles.